The minimum absolute atomic E-state index is 0.00470. The molecule has 0 atom stereocenters. The Morgan fingerprint density at radius 3 is 2.74 bits per heavy atom. The van der Waals surface area contributed by atoms with Gasteiger partial charge in [0.15, 0.2) is 0 Å². The van der Waals surface area contributed by atoms with Gasteiger partial charge in [0, 0.05) is 43.7 Å². The van der Waals surface area contributed by atoms with E-state index >= 15 is 0 Å². The van der Waals surface area contributed by atoms with Gasteiger partial charge in [-0.2, -0.15) is 0 Å². The van der Waals surface area contributed by atoms with E-state index in [1.54, 1.807) is 0 Å². The van der Waals surface area contributed by atoms with Gasteiger partial charge in [0.2, 0.25) is 0 Å². The monoisotopic (exact) mass is 315 g/mol. The zero-order valence-electron chi connectivity index (χ0n) is 13.9. The van der Waals surface area contributed by atoms with Gasteiger partial charge in [-0.05, 0) is 31.0 Å². The first-order chi connectivity index (χ1) is 11.1. The number of nitrogens with one attached hydrogen (secondary N) is 2. The predicted molar refractivity (Wildman–Crippen MR) is 93.0 cm³/mol. The number of nitrogens with zero attached hydrogens (tertiary/aromatic N) is 1. The fourth-order valence-corrected chi connectivity index (χ4v) is 3.03. The van der Waals surface area contributed by atoms with Gasteiger partial charge in [0.05, 0.1) is 18.7 Å². The van der Waals surface area contributed by atoms with E-state index in [1.165, 1.54) is 5.56 Å². The van der Waals surface area contributed by atoms with Crippen molar-refractivity contribution in [2.45, 2.75) is 20.4 Å². The lowest BCUT2D eigenvalue weighted by atomic mass is 10.0. The van der Waals surface area contributed by atoms with Gasteiger partial charge in [0.25, 0.3) is 5.56 Å². The first-order valence-electron chi connectivity index (χ1n) is 8.28. The second-order valence-corrected chi connectivity index (χ2v) is 6.24. The average molecular weight is 315 g/mol. The van der Waals surface area contributed by atoms with Crippen molar-refractivity contribution in [2.24, 2.45) is 0 Å². The molecule has 0 spiro atoms. The number of hydrogen-bond donors (Lipinski definition) is 2. The van der Waals surface area contributed by atoms with Gasteiger partial charge in [-0.15, -0.1) is 0 Å². The van der Waals surface area contributed by atoms with E-state index < -0.39 is 0 Å². The molecule has 1 fully saturated rings. The van der Waals surface area contributed by atoms with Crippen molar-refractivity contribution >= 4 is 10.9 Å². The minimum atomic E-state index is 0.00470. The number of ether oxygens (including phenoxy) is 1. The summed E-state index contributed by atoms with van der Waals surface area (Å²) in [7, 11) is 0. The molecule has 0 unspecified atom stereocenters. The van der Waals surface area contributed by atoms with E-state index in [2.05, 4.69) is 28.2 Å². The number of aromatic nitrogens is 1. The summed E-state index contributed by atoms with van der Waals surface area (Å²) in [5.41, 5.74) is 4.05. The first-order valence-corrected chi connectivity index (χ1v) is 8.28. The van der Waals surface area contributed by atoms with Crippen LogP contribution in [0.4, 0.5) is 0 Å². The molecular weight excluding hydrogens is 290 g/mol. The van der Waals surface area contributed by atoms with E-state index in [0.29, 0.717) is 6.54 Å². The maximum atomic E-state index is 12.3. The highest BCUT2D eigenvalue weighted by Gasteiger charge is 2.10. The highest BCUT2D eigenvalue weighted by atomic mass is 16.5. The third-order valence-electron chi connectivity index (χ3n) is 4.54. The van der Waals surface area contributed by atoms with Crippen LogP contribution in [0.5, 0.6) is 0 Å². The predicted octanol–water partition coefficient (Wildman–Crippen LogP) is 1.57. The van der Waals surface area contributed by atoms with Crippen molar-refractivity contribution in [3.8, 4) is 0 Å². The molecule has 3 rings (SSSR count). The molecule has 1 aromatic carbocycles. The van der Waals surface area contributed by atoms with Crippen LogP contribution in [-0.4, -0.2) is 49.3 Å². The number of aromatic amines is 1. The summed E-state index contributed by atoms with van der Waals surface area (Å²) < 4.78 is 5.35. The van der Waals surface area contributed by atoms with E-state index in [4.69, 9.17) is 4.74 Å². The number of morpholine rings is 1. The first kappa shape index (κ1) is 16.2. The van der Waals surface area contributed by atoms with E-state index in [9.17, 15) is 4.79 Å². The number of H-pyrrole nitrogens is 1. The Balaban J connectivity index is 1.64. The molecule has 2 aromatic rings. The average Bonchev–Trinajstić information content (AvgIpc) is 2.57. The number of pyridine rings is 1. The fourth-order valence-electron chi connectivity index (χ4n) is 3.03. The molecule has 0 saturated carbocycles. The maximum Gasteiger partial charge on any atom is 0.252 e. The highest BCUT2D eigenvalue weighted by Crippen LogP contribution is 2.19. The summed E-state index contributed by atoms with van der Waals surface area (Å²) in [5.74, 6) is 0. The third-order valence-corrected chi connectivity index (χ3v) is 4.54. The lowest BCUT2D eigenvalue weighted by Gasteiger charge is -2.26. The minimum Gasteiger partial charge on any atom is -0.379 e. The molecule has 1 aliphatic heterocycles. The van der Waals surface area contributed by atoms with Crippen LogP contribution in [-0.2, 0) is 11.3 Å². The molecule has 2 N–H and O–H groups in total. The van der Waals surface area contributed by atoms with Crippen LogP contribution in [0.25, 0.3) is 10.9 Å². The lowest BCUT2D eigenvalue weighted by molar-refractivity contribution is 0.0384. The summed E-state index contributed by atoms with van der Waals surface area (Å²) in [6.45, 7) is 10.2. The second-order valence-electron chi connectivity index (χ2n) is 6.24. The molecule has 5 nitrogen and oxygen atoms in total. The number of fused-ring (bicyclic) bond motifs is 1. The van der Waals surface area contributed by atoms with Crippen molar-refractivity contribution in [1.82, 2.24) is 15.2 Å². The Morgan fingerprint density at radius 2 is 1.96 bits per heavy atom. The molecule has 0 amide bonds. The lowest BCUT2D eigenvalue weighted by Crippen LogP contribution is -2.40. The van der Waals surface area contributed by atoms with Crippen LogP contribution in [0.15, 0.2) is 23.0 Å². The van der Waals surface area contributed by atoms with Gasteiger partial charge >= 0.3 is 0 Å². The molecule has 124 valence electrons. The smallest absolute Gasteiger partial charge is 0.252 e. The van der Waals surface area contributed by atoms with Crippen LogP contribution >= 0.6 is 0 Å². The molecule has 0 aliphatic carbocycles. The summed E-state index contributed by atoms with van der Waals surface area (Å²) in [6, 6.07) is 6.18. The van der Waals surface area contributed by atoms with Crippen molar-refractivity contribution in [2.75, 3.05) is 39.4 Å². The molecule has 5 heteroatoms. The Hall–Kier alpha value is -1.69. The zero-order chi connectivity index (χ0) is 16.2. The number of rotatable bonds is 5. The SMILES string of the molecule is Cc1ccc(C)c2[nH]c(=O)c(CNCCN3CCOCC3)cc12. The fraction of sp³-hybridized carbons (Fsp3) is 0.500. The molecular formula is C18H25N3O2. The maximum absolute atomic E-state index is 12.3. The molecule has 2 heterocycles. The van der Waals surface area contributed by atoms with Crippen molar-refractivity contribution in [3.63, 3.8) is 0 Å². The van der Waals surface area contributed by atoms with Gasteiger partial charge in [-0.25, -0.2) is 0 Å². The van der Waals surface area contributed by atoms with E-state index in [1.807, 2.05) is 19.1 Å². The highest BCUT2D eigenvalue weighted by molar-refractivity contribution is 5.85. The number of hydrogen-bond acceptors (Lipinski definition) is 4. The molecule has 1 saturated heterocycles. The van der Waals surface area contributed by atoms with Crippen molar-refractivity contribution < 1.29 is 4.74 Å². The second kappa shape index (κ2) is 7.25. The van der Waals surface area contributed by atoms with Crippen LogP contribution in [0, 0.1) is 13.8 Å². The number of benzene rings is 1. The van der Waals surface area contributed by atoms with Crippen LogP contribution < -0.4 is 10.9 Å². The molecule has 0 radical (unpaired) electrons. The van der Waals surface area contributed by atoms with E-state index in [-0.39, 0.29) is 5.56 Å². The summed E-state index contributed by atoms with van der Waals surface area (Å²) in [4.78, 5) is 17.7. The van der Waals surface area contributed by atoms with Crippen molar-refractivity contribution in [1.29, 1.82) is 0 Å². The topological polar surface area (TPSA) is 57.4 Å². The van der Waals surface area contributed by atoms with Crippen LogP contribution in [0.2, 0.25) is 0 Å². The molecule has 0 bridgehead atoms. The standard InChI is InChI=1S/C18H25N3O2/c1-13-3-4-14(2)17-16(13)11-15(18(22)20-17)12-19-5-6-21-7-9-23-10-8-21/h3-4,11,19H,5-10,12H2,1-2H3,(H,20,22). The Kier molecular flexibility index (Phi) is 5.10. The summed E-state index contributed by atoms with van der Waals surface area (Å²) >= 11 is 0. The third kappa shape index (κ3) is 3.80. The summed E-state index contributed by atoms with van der Waals surface area (Å²) in [6.07, 6.45) is 0. The Morgan fingerprint density at radius 1 is 1.22 bits per heavy atom. The van der Waals surface area contributed by atoms with Gasteiger partial charge in [0.1, 0.15) is 0 Å². The molecule has 1 aromatic heterocycles. The number of aryl methyl sites for hydroxylation is 2. The van der Waals surface area contributed by atoms with Crippen LogP contribution in [0.3, 0.4) is 0 Å². The van der Waals surface area contributed by atoms with Crippen molar-refractivity contribution in [3.05, 3.63) is 45.2 Å². The molecule has 1 aliphatic rings. The normalized spacial score (nSPS) is 16.1. The van der Waals surface area contributed by atoms with Crippen LogP contribution in [0.1, 0.15) is 16.7 Å². The van der Waals surface area contributed by atoms with Gasteiger partial charge in [-0.1, -0.05) is 12.1 Å². The van der Waals surface area contributed by atoms with Gasteiger partial charge in [-0.3, -0.25) is 9.69 Å². The quantitative estimate of drug-likeness (QED) is 0.822. The Labute approximate surface area is 136 Å². The molecule has 23 heavy (non-hydrogen) atoms. The summed E-state index contributed by atoms with van der Waals surface area (Å²) in [5, 5.41) is 4.52. The van der Waals surface area contributed by atoms with E-state index in [0.717, 1.165) is 61.4 Å². The Bertz CT molecular complexity index is 733. The van der Waals surface area contributed by atoms with Gasteiger partial charge < -0.3 is 15.0 Å². The zero-order valence-corrected chi connectivity index (χ0v) is 13.9. The largest absolute Gasteiger partial charge is 0.379 e.